The van der Waals surface area contributed by atoms with Crippen LogP contribution in [0.15, 0.2) is 11.6 Å². The summed E-state index contributed by atoms with van der Waals surface area (Å²) in [5.74, 6) is 2.88. The van der Waals surface area contributed by atoms with Gasteiger partial charge in [0.15, 0.2) is 0 Å². The first-order chi connectivity index (χ1) is 10.1. The highest BCUT2D eigenvalue weighted by atomic mass is 16.1. The van der Waals surface area contributed by atoms with Crippen LogP contribution in [-0.4, -0.2) is 18.4 Å². The molecule has 3 unspecified atom stereocenters. The Balaban J connectivity index is 1.88. The summed E-state index contributed by atoms with van der Waals surface area (Å²) >= 11 is 0. The molecular weight excluding hydrogens is 258 g/mol. The SMILES string of the molecule is CCC(CC)CNC(C)C(C(C)=O)C1=CC(C2CCC2)C1. The van der Waals surface area contributed by atoms with Crippen LogP contribution in [0.4, 0.5) is 0 Å². The van der Waals surface area contributed by atoms with Gasteiger partial charge >= 0.3 is 0 Å². The largest absolute Gasteiger partial charge is 0.313 e. The third-order valence-electron chi connectivity index (χ3n) is 5.88. The van der Waals surface area contributed by atoms with E-state index in [0.717, 1.165) is 24.3 Å². The van der Waals surface area contributed by atoms with Crippen molar-refractivity contribution >= 4 is 5.78 Å². The van der Waals surface area contributed by atoms with Gasteiger partial charge in [-0.05, 0) is 57.4 Å². The fourth-order valence-electron chi connectivity index (χ4n) is 3.90. The van der Waals surface area contributed by atoms with Crippen molar-refractivity contribution in [2.75, 3.05) is 6.54 Å². The first kappa shape index (κ1) is 16.7. The summed E-state index contributed by atoms with van der Waals surface area (Å²) in [5, 5.41) is 3.63. The highest BCUT2D eigenvalue weighted by Gasteiger charge is 2.37. The summed E-state index contributed by atoms with van der Waals surface area (Å²) in [6.07, 6.45) is 10.2. The lowest BCUT2D eigenvalue weighted by Gasteiger charge is -2.41. The number of carbonyl (C=O) groups is 1. The Morgan fingerprint density at radius 3 is 2.38 bits per heavy atom. The number of nitrogens with one attached hydrogen (secondary N) is 1. The second-order valence-corrected chi connectivity index (χ2v) is 7.27. The first-order valence-corrected chi connectivity index (χ1v) is 9.01. The van der Waals surface area contributed by atoms with Crippen molar-refractivity contribution < 1.29 is 4.79 Å². The van der Waals surface area contributed by atoms with Gasteiger partial charge in [0.05, 0.1) is 5.92 Å². The van der Waals surface area contributed by atoms with E-state index in [1.165, 1.54) is 44.1 Å². The van der Waals surface area contributed by atoms with Crippen LogP contribution in [0.2, 0.25) is 0 Å². The Hall–Kier alpha value is -0.630. The summed E-state index contributed by atoms with van der Waals surface area (Å²) in [5.41, 5.74) is 1.41. The molecule has 1 saturated carbocycles. The predicted molar refractivity (Wildman–Crippen MR) is 89.2 cm³/mol. The predicted octanol–water partition coefficient (Wildman–Crippen LogP) is 4.35. The van der Waals surface area contributed by atoms with Crippen molar-refractivity contribution in [3.63, 3.8) is 0 Å². The van der Waals surface area contributed by atoms with Gasteiger partial charge < -0.3 is 5.32 Å². The first-order valence-electron chi connectivity index (χ1n) is 9.01. The maximum absolute atomic E-state index is 12.1. The Bertz CT molecular complexity index is 379. The van der Waals surface area contributed by atoms with Crippen LogP contribution in [0, 0.1) is 23.7 Å². The second kappa shape index (κ2) is 7.58. The van der Waals surface area contributed by atoms with Gasteiger partial charge in [-0.3, -0.25) is 4.79 Å². The van der Waals surface area contributed by atoms with Gasteiger partial charge in [-0.2, -0.15) is 0 Å². The lowest BCUT2D eigenvalue weighted by atomic mass is 9.65. The van der Waals surface area contributed by atoms with Crippen LogP contribution in [-0.2, 0) is 4.79 Å². The van der Waals surface area contributed by atoms with E-state index in [1.807, 2.05) is 0 Å². The summed E-state index contributed by atoms with van der Waals surface area (Å²) in [4.78, 5) is 12.1. The summed E-state index contributed by atoms with van der Waals surface area (Å²) < 4.78 is 0. The van der Waals surface area contributed by atoms with Gasteiger partial charge in [0.25, 0.3) is 0 Å². The third kappa shape index (κ3) is 3.97. The summed E-state index contributed by atoms with van der Waals surface area (Å²) in [6.45, 7) is 9.49. The number of rotatable bonds is 9. The molecule has 21 heavy (non-hydrogen) atoms. The van der Waals surface area contributed by atoms with Crippen molar-refractivity contribution in [1.29, 1.82) is 0 Å². The molecule has 0 amide bonds. The van der Waals surface area contributed by atoms with E-state index in [1.54, 1.807) is 6.92 Å². The van der Waals surface area contributed by atoms with E-state index in [-0.39, 0.29) is 12.0 Å². The fraction of sp³-hybridized carbons (Fsp3) is 0.842. The molecule has 0 aromatic heterocycles. The molecule has 1 N–H and O–H groups in total. The van der Waals surface area contributed by atoms with Crippen molar-refractivity contribution in [2.45, 2.75) is 72.3 Å². The van der Waals surface area contributed by atoms with Gasteiger partial charge in [0.1, 0.15) is 5.78 Å². The Kier molecular flexibility index (Phi) is 6.04. The van der Waals surface area contributed by atoms with E-state index in [2.05, 4.69) is 32.2 Å². The van der Waals surface area contributed by atoms with E-state index in [4.69, 9.17) is 0 Å². The average Bonchev–Trinajstić information content (AvgIpc) is 2.34. The third-order valence-corrected chi connectivity index (χ3v) is 5.88. The number of Topliss-reactive ketones (excluding diaryl/α,β-unsaturated/α-hetero) is 1. The Labute approximate surface area is 130 Å². The van der Waals surface area contributed by atoms with E-state index in [0.29, 0.717) is 5.78 Å². The molecule has 2 rings (SSSR count). The smallest absolute Gasteiger partial charge is 0.138 e. The molecule has 0 bridgehead atoms. The summed E-state index contributed by atoms with van der Waals surface area (Å²) in [7, 11) is 0. The van der Waals surface area contributed by atoms with Crippen LogP contribution in [0.3, 0.4) is 0 Å². The quantitative estimate of drug-likeness (QED) is 0.640. The number of allylic oxidation sites excluding steroid dienone is 1. The van der Waals surface area contributed by atoms with Crippen molar-refractivity contribution in [1.82, 2.24) is 5.32 Å². The molecule has 2 heteroatoms. The Morgan fingerprint density at radius 1 is 1.33 bits per heavy atom. The molecule has 0 heterocycles. The van der Waals surface area contributed by atoms with Gasteiger partial charge in [-0.1, -0.05) is 44.8 Å². The van der Waals surface area contributed by atoms with E-state index in [9.17, 15) is 4.79 Å². The standard InChI is InChI=1S/C19H33NO/c1-5-15(6-2)12-20-13(3)19(14(4)21)18-10-17(11-18)16-8-7-9-16/h10,13,15-17,19-20H,5-9,11-12H2,1-4H3. The van der Waals surface area contributed by atoms with Crippen molar-refractivity contribution in [3.05, 3.63) is 11.6 Å². The molecule has 0 aliphatic heterocycles. The Morgan fingerprint density at radius 2 is 1.95 bits per heavy atom. The second-order valence-electron chi connectivity index (χ2n) is 7.27. The van der Waals surface area contributed by atoms with Crippen molar-refractivity contribution in [3.8, 4) is 0 Å². The maximum atomic E-state index is 12.1. The van der Waals surface area contributed by atoms with Gasteiger partial charge in [-0.15, -0.1) is 0 Å². The van der Waals surface area contributed by atoms with E-state index < -0.39 is 0 Å². The number of carbonyl (C=O) groups excluding carboxylic acids is 1. The van der Waals surface area contributed by atoms with Crippen LogP contribution in [0.25, 0.3) is 0 Å². The zero-order valence-corrected chi connectivity index (χ0v) is 14.3. The van der Waals surface area contributed by atoms with Crippen LogP contribution in [0.5, 0.6) is 0 Å². The summed E-state index contributed by atoms with van der Waals surface area (Å²) in [6, 6.07) is 0.275. The lowest BCUT2D eigenvalue weighted by molar-refractivity contribution is -0.120. The molecule has 0 aromatic carbocycles. The zero-order chi connectivity index (χ0) is 15.4. The molecule has 120 valence electrons. The molecule has 3 atom stereocenters. The van der Waals surface area contributed by atoms with Crippen LogP contribution in [0.1, 0.15) is 66.2 Å². The number of hydrogen-bond acceptors (Lipinski definition) is 2. The van der Waals surface area contributed by atoms with Gasteiger partial charge in [0.2, 0.25) is 0 Å². The number of ketones is 1. The van der Waals surface area contributed by atoms with Gasteiger partial charge in [-0.25, -0.2) is 0 Å². The molecule has 2 aliphatic carbocycles. The molecule has 1 fully saturated rings. The molecule has 2 nitrogen and oxygen atoms in total. The van der Waals surface area contributed by atoms with Crippen LogP contribution >= 0.6 is 0 Å². The zero-order valence-electron chi connectivity index (χ0n) is 14.3. The minimum atomic E-state index is 0.107. The fourth-order valence-corrected chi connectivity index (χ4v) is 3.90. The van der Waals surface area contributed by atoms with Gasteiger partial charge in [0, 0.05) is 6.04 Å². The number of hydrogen-bond donors (Lipinski definition) is 1. The lowest BCUT2D eigenvalue weighted by Crippen LogP contribution is -2.42. The minimum Gasteiger partial charge on any atom is -0.313 e. The van der Waals surface area contributed by atoms with E-state index >= 15 is 0 Å². The highest BCUT2D eigenvalue weighted by molar-refractivity contribution is 5.82. The monoisotopic (exact) mass is 291 g/mol. The molecule has 0 aromatic rings. The van der Waals surface area contributed by atoms with Crippen LogP contribution < -0.4 is 5.32 Å². The topological polar surface area (TPSA) is 29.1 Å². The van der Waals surface area contributed by atoms with Crippen molar-refractivity contribution in [2.24, 2.45) is 23.7 Å². The average molecular weight is 291 g/mol. The molecule has 0 spiro atoms. The highest BCUT2D eigenvalue weighted by Crippen LogP contribution is 2.45. The molecular formula is C19H33NO. The minimum absolute atomic E-state index is 0.107. The molecule has 2 aliphatic rings. The molecule has 0 saturated heterocycles. The normalized spacial score (nSPS) is 25.0. The maximum Gasteiger partial charge on any atom is 0.138 e. The molecule has 0 radical (unpaired) electrons.